The zero-order chi connectivity index (χ0) is 13.2. The molecule has 0 aliphatic carbocycles. The number of nitrogens with zero attached hydrogens (tertiary/aromatic N) is 2. The number of hydrogen-bond acceptors (Lipinski definition) is 5. The SMILES string of the molecule is COc1ccc(Nc2noc3cccnc23)cc1Cl. The van der Waals surface area contributed by atoms with Crippen LogP contribution in [0.4, 0.5) is 11.5 Å². The summed E-state index contributed by atoms with van der Waals surface area (Å²) in [5, 5.41) is 7.57. The fourth-order valence-corrected chi connectivity index (χ4v) is 2.00. The van der Waals surface area contributed by atoms with Gasteiger partial charge in [-0.1, -0.05) is 16.8 Å². The third-order valence-corrected chi connectivity index (χ3v) is 2.94. The Morgan fingerprint density at radius 3 is 3.00 bits per heavy atom. The van der Waals surface area contributed by atoms with Crippen molar-refractivity contribution in [3.05, 3.63) is 41.6 Å². The Morgan fingerprint density at radius 2 is 2.21 bits per heavy atom. The fraction of sp³-hybridized carbons (Fsp3) is 0.0769. The van der Waals surface area contributed by atoms with Gasteiger partial charge in [0.2, 0.25) is 0 Å². The van der Waals surface area contributed by atoms with E-state index in [-0.39, 0.29) is 0 Å². The molecule has 0 fully saturated rings. The summed E-state index contributed by atoms with van der Waals surface area (Å²) in [6, 6.07) is 8.97. The van der Waals surface area contributed by atoms with E-state index >= 15 is 0 Å². The highest BCUT2D eigenvalue weighted by molar-refractivity contribution is 6.32. The van der Waals surface area contributed by atoms with Gasteiger partial charge in [-0.3, -0.25) is 0 Å². The molecule has 0 bridgehead atoms. The lowest BCUT2D eigenvalue weighted by atomic mass is 10.3. The topological polar surface area (TPSA) is 60.2 Å². The molecular weight excluding hydrogens is 266 g/mol. The minimum Gasteiger partial charge on any atom is -0.495 e. The molecule has 0 saturated carbocycles. The Hall–Kier alpha value is -2.27. The highest BCUT2D eigenvalue weighted by Gasteiger charge is 2.09. The van der Waals surface area contributed by atoms with Crippen molar-refractivity contribution in [1.82, 2.24) is 10.1 Å². The van der Waals surface area contributed by atoms with Crippen LogP contribution in [0.15, 0.2) is 41.1 Å². The van der Waals surface area contributed by atoms with Crippen molar-refractivity contribution in [2.45, 2.75) is 0 Å². The number of anilines is 2. The Bertz CT molecular complexity index is 727. The lowest BCUT2D eigenvalue weighted by molar-refractivity contribution is 0.415. The molecule has 3 aromatic rings. The quantitative estimate of drug-likeness (QED) is 0.791. The van der Waals surface area contributed by atoms with E-state index < -0.39 is 0 Å². The predicted molar refractivity (Wildman–Crippen MR) is 73.1 cm³/mol. The van der Waals surface area contributed by atoms with E-state index in [1.54, 1.807) is 31.5 Å². The van der Waals surface area contributed by atoms with Crippen LogP contribution in [0, 0.1) is 0 Å². The third-order valence-electron chi connectivity index (χ3n) is 2.64. The molecule has 19 heavy (non-hydrogen) atoms. The molecule has 2 aromatic heterocycles. The van der Waals surface area contributed by atoms with Crippen LogP contribution in [0.5, 0.6) is 5.75 Å². The van der Waals surface area contributed by atoms with Gasteiger partial charge in [0.15, 0.2) is 16.9 Å². The van der Waals surface area contributed by atoms with E-state index in [4.69, 9.17) is 20.9 Å². The summed E-state index contributed by atoms with van der Waals surface area (Å²) in [6.45, 7) is 0. The van der Waals surface area contributed by atoms with Gasteiger partial charge >= 0.3 is 0 Å². The minimum absolute atomic E-state index is 0.522. The van der Waals surface area contributed by atoms with Gasteiger partial charge in [-0.05, 0) is 30.3 Å². The van der Waals surface area contributed by atoms with Crippen molar-refractivity contribution in [2.24, 2.45) is 0 Å². The van der Waals surface area contributed by atoms with Crippen LogP contribution in [-0.4, -0.2) is 17.3 Å². The fourth-order valence-electron chi connectivity index (χ4n) is 1.74. The summed E-state index contributed by atoms with van der Waals surface area (Å²) in [5.74, 6) is 1.17. The predicted octanol–water partition coefficient (Wildman–Crippen LogP) is 3.63. The summed E-state index contributed by atoms with van der Waals surface area (Å²) in [5.41, 5.74) is 2.09. The first-order valence-electron chi connectivity index (χ1n) is 5.59. The lowest BCUT2D eigenvalue weighted by Crippen LogP contribution is -1.92. The number of ether oxygens (including phenoxy) is 1. The number of fused-ring (bicyclic) bond motifs is 1. The van der Waals surface area contributed by atoms with E-state index in [2.05, 4.69) is 15.5 Å². The third kappa shape index (κ3) is 2.20. The second kappa shape index (κ2) is 4.78. The Morgan fingerprint density at radius 1 is 1.32 bits per heavy atom. The number of benzene rings is 1. The second-order valence-corrected chi connectivity index (χ2v) is 4.26. The summed E-state index contributed by atoms with van der Waals surface area (Å²) in [4.78, 5) is 4.22. The average molecular weight is 276 g/mol. The van der Waals surface area contributed by atoms with Gasteiger partial charge in [0.25, 0.3) is 0 Å². The van der Waals surface area contributed by atoms with Gasteiger partial charge < -0.3 is 14.6 Å². The van der Waals surface area contributed by atoms with E-state index in [1.807, 2.05) is 12.1 Å². The summed E-state index contributed by atoms with van der Waals surface area (Å²) >= 11 is 6.06. The number of halogens is 1. The molecule has 0 amide bonds. The number of rotatable bonds is 3. The maximum absolute atomic E-state index is 6.06. The Labute approximate surface area is 114 Å². The summed E-state index contributed by atoms with van der Waals surface area (Å²) in [7, 11) is 1.57. The molecule has 0 aliphatic heterocycles. The van der Waals surface area contributed by atoms with Crippen molar-refractivity contribution < 1.29 is 9.26 Å². The van der Waals surface area contributed by atoms with E-state index in [9.17, 15) is 0 Å². The van der Waals surface area contributed by atoms with Gasteiger partial charge in [-0.25, -0.2) is 4.98 Å². The number of aromatic nitrogens is 2. The Kier molecular flexibility index (Phi) is 2.97. The molecule has 1 N–H and O–H groups in total. The van der Waals surface area contributed by atoms with Crippen molar-refractivity contribution in [3.63, 3.8) is 0 Å². The van der Waals surface area contributed by atoms with Gasteiger partial charge in [0.05, 0.1) is 12.1 Å². The molecule has 3 rings (SSSR count). The lowest BCUT2D eigenvalue weighted by Gasteiger charge is -2.06. The largest absolute Gasteiger partial charge is 0.495 e. The molecule has 5 nitrogen and oxygen atoms in total. The highest BCUT2D eigenvalue weighted by Crippen LogP contribution is 2.30. The molecule has 0 atom stereocenters. The smallest absolute Gasteiger partial charge is 0.200 e. The highest BCUT2D eigenvalue weighted by atomic mass is 35.5. The first-order valence-corrected chi connectivity index (χ1v) is 5.96. The summed E-state index contributed by atoms with van der Waals surface area (Å²) in [6.07, 6.45) is 1.69. The van der Waals surface area contributed by atoms with Crippen molar-refractivity contribution in [2.75, 3.05) is 12.4 Å². The van der Waals surface area contributed by atoms with E-state index in [0.29, 0.717) is 27.7 Å². The molecule has 1 aromatic carbocycles. The van der Waals surface area contributed by atoms with Gasteiger partial charge in [0.1, 0.15) is 5.75 Å². The van der Waals surface area contributed by atoms with Crippen LogP contribution in [-0.2, 0) is 0 Å². The maximum Gasteiger partial charge on any atom is 0.200 e. The van der Waals surface area contributed by atoms with Crippen LogP contribution in [0.25, 0.3) is 11.1 Å². The molecule has 0 saturated heterocycles. The number of nitrogens with one attached hydrogen (secondary N) is 1. The number of pyridine rings is 1. The molecule has 0 radical (unpaired) electrons. The maximum atomic E-state index is 6.06. The van der Waals surface area contributed by atoms with Crippen LogP contribution >= 0.6 is 11.6 Å². The van der Waals surface area contributed by atoms with E-state index in [1.165, 1.54) is 0 Å². The van der Waals surface area contributed by atoms with Crippen LogP contribution in [0.3, 0.4) is 0 Å². The van der Waals surface area contributed by atoms with Crippen LogP contribution in [0.1, 0.15) is 0 Å². The molecule has 96 valence electrons. The van der Waals surface area contributed by atoms with Crippen molar-refractivity contribution in [1.29, 1.82) is 0 Å². The van der Waals surface area contributed by atoms with Gasteiger partial charge in [-0.15, -0.1) is 0 Å². The zero-order valence-electron chi connectivity index (χ0n) is 10.1. The first kappa shape index (κ1) is 11.8. The second-order valence-electron chi connectivity index (χ2n) is 3.86. The molecule has 2 heterocycles. The number of hydrogen-bond donors (Lipinski definition) is 1. The standard InChI is InChI=1S/C13H10ClN3O2/c1-18-10-5-4-8(7-9(10)14)16-13-12-11(19-17-13)3-2-6-15-12/h2-7H,1H3,(H,16,17). The van der Waals surface area contributed by atoms with Gasteiger partial charge in [0, 0.05) is 11.9 Å². The molecule has 0 spiro atoms. The molecular formula is C13H10ClN3O2. The zero-order valence-corrected chi connectivity index (χ0v) is 10.8. The normalized spacial score (nSPS) is 10.6. The number of methoxy groups -OCH3 is 1. The van der Waals surface area contributed by atoms with Crippen LogP contribution < -0.4 is 10.1 Å². The molecule has 0 aliphatic rings. The first-order chi connectivity index (χ1) is 9.28. The average Bonchev–Trinajstić information content (AvgIpc) is 2.83. The van der Waals surface area contributed by atoms with Gasteiger partial charge in [-0.2, -0.15) is 0 Å². The molecule has 6 heteroatoms. The molecule has 0 unspecified atom stereocenters. The minimum atomic E-state index is 0.522. The summed E-state index contributed by atoms with van der Waals surface area (Å²) < 4.78 is 10.3. The van der Waals surface area contributed by atoms with E-state index in [0.717, 1.165) is 5.69 Å². The van der Waals surface area contributed by atoms with Crippen molar-refractivity contribution in [3.8, 4) is 5.75 Å². The monoisotopic (exact) mass is 275 g/mol. The Balaban J connectivity index is 1.95. The van der Waals surface area contributed by atoms with Crippen molar-refractivity contribution >= 4 is 34.2 Å². The van der Waals surface area contributed by atoms with Crippen LogP contribution in [0.2, 0.25) is 5.02 Å².